The molecule has 29 heavy (non-hydrogen) atoms. The Hall–Kier alpha value is -2.52. The van der Waals surface area contributed by atoms with Crippen LogP contribution in [0.25, 0.3) is 0 Å². The number of benzene rings is 1. The Morgan fingerprint density at radius 2 is 1.79 bits per heavy atom. The number of rotatable bonds is 5. The van der Waals surface area contributed by atoms with Crippen LogP contribution >= 0.6 is 0 Å². The summed E-state index contributed by atoms with van der Waals surface area (Å²) < 4.78 is 85.1. The molecular weight excluding hydrogens is 402 g/mol. The number of hydrogen-bond donors (Lipinski definition) is 0. The van der Waals surface area contributed by atoms with Crippen molar-refractivity contribution in [2.24, 2.45) is 13.0 Å². The van der Waals surface area contributed by atoms with E-state index < -0.39 is 41.5 Å². The van der Waals surface area contributed by atoms with Crippen LogP contribution < -0.4 is 0 Å². The van der Waals surface area contributed by atoms with Gasteiger partial charge < -0.3 is 4.74 Å². The lowest BCUT2D eigenvalue weighted by Crippen LogP contribution is -2.29. The minimum absolute atomic E-state index is 0.0947. The van der Waals surface area contributed by atoms with Gasteiger partial charge in [-0.05, 0) is 38.0 Å². The first-order valence-corrected chi connectivity index (χ1v) is 8.65. The third-order valence-corrected chi connectivity index (χ3v) is 4.62. The number of carbonyl (C=O) groups is 1. The van der Waals surface area contributed by atoms with Gasteiger partial charge >= 0.3 is 18.3 Å². The Labute approximate surface area is 163 Å². The Bertz CT molecular complexity index is 886. The van der Waals surface area contributed by atoms with Crippen LogP contribution in [0.2, 0.25) is 0 Å². The maximum atomic E-state index is 13.4. The first-order chi connectivity index (χ1) is 13.2. The fourth-order valence-corrected chi connectivity index (χ4v) is 2.94. The van der Waals surface area contributed by atoms with Gasteiger partial charge in [0.25, 0.3) is 0 Å². The second kappa shape index (κ2) is 8.08. The van der Waals surface area contributed by atoms with Crippen LogP contribution in [-0.2, 0) is 29.2 Å². The molecule has 0 bridgehead atoms. The average Bonchev–Trinajstić information content (AvgIpc) is 2.84. The van der Waals surface area contributed by atoms with Crippen LogP contribution in [0.3, 0.4) is 0 Å². The van der Waals surface area contributed by atoms with E-state index in [1.165, 1.54) is 6.92 Å². The normalized spacial score (nSPS) is 14.6. The monoisotopic (exact) mass is 422 g/mol. The number of nitrogens with zero attached hydrogens (tertiary/aromatic N) is 2. The van der Waals surface area contributed by atoms with E-state index in [4.69, 9.17) is 0 Å². The third-order valence-electron chi connectivity index (χ3n) is 4.62. The molecule has 0 fully saturated rings. The lowest BCUT2D eigenvalue weighted by Gasteiger charge is -2.23. The summed E-state index contributed by atoms with van der Waals surface area (Å²) in [5, 5.41) is 4.18. The van der Waals surface area contributed by atoms with Crippen molar-refractivity contribution in [3.05, 3.63) is 52.3 Å². The van der Waals surface area contributed by atoms with E-state index >= 15 is 0 Å². The van der Waals surface area contributed by atoms with E-state index in [9.17, 15) is 31.1 Å². The molecule has 0 aliphatic rings. The largest absolute Gasteiger partial charge is 0.447 e. The summed E-state index contributed by atoms with van der Waals surface area (Å²) >= 11 is 0. The summed E-state index contributed by atoms with van der Waals surface area (Å²) in [5.74, 6) is -2.11. The van der Waals surface area contributed by atoms with Crippen molar-refractivity contribution in [2.75, 3.05) is 0 Å². The smallest absolute Gasteiger partial charge is 0.429 e. The first kappa shape index (κ1) is 22.8. The van der Waals surface area contributed by atoms with Gasteiger partial charge in [0, 0.05) is 18.3 Å². The van der Waals surface area contributed by atoms with Gasteiger partial charge in [-0.2, -0.15) is 31.4 Å². The van der Waals surface area contributed by atoms with E-state index in [-0.39, 0.29) is 6.42 Å². The zero-order valence-corrected chi connectivity index (χ0v) is 16.1. The average molecular weight is 422 g/mol. The van der Waals surface area contributed by atoms with E-state index in [0.29, 0.717) is 23.4 Å². The number of alkyl halides is 6. The molecule has 2 aromatic rings. The van der Waals surface area contributed by atoms with Gasteiger partial charge in [0.2, 0.25) is 6.10 Å². The highest BCUT2D eigenvalue weighted by atomic mass is 19.4. The molecule has 0 saturated carbocycles. The molecule has 0 N–H and O–H groups in total. The summed E-state index contributed by atoms with van der Waals surface area (Å²) in [6.45, 7) is 4.86. The van der Waals surface area contributed by atoms with Gasteiger partial charge in [-0.15, -0.1) is 0 Å². The molecule has 0 aliphatic heterocycles. The van der Waals surface area contributed by atoms with Crippen LogP contribution in [0.5, 0.6) is 0 Å². The molecule has 2 unspecified atom stereocenters. The zero-order valence-electron chi connectivity index (χ0n) is 16.1. The molecule has 0 aliphatic carbocycles. The first-order valence-electron chi connectivity index (χ1n) is 8.65. The zero-order chi connectivity index (χ0) is 22.1. The Morgan fingerprint density at radius 1 is 1.17 bits per heavy atom. The second-order valence-electron chi connectivity index (χ2n) is 6.86. The van der Waals surface area contributed by atoms with E-state index in [1.807, 2.05) is 0 Å². The van der Waals surface area contributed by atoms with Crippen molar-refractivity contribution < 1.29 is 35.9 Å². The standard InChI is InChI=1S/C19H20F6N2O2/c1-10(8-15-11(2)26-27(4)12(15)3)17(28)29-16(19(23,24)25)13-6-5-7-14(9-13)18(20,21)22/h5-7,9-10,16H,8H2,1-4H3. The third kappa shape index (κ3) is 5.30. The van der Waals surface area contributed by atoms with Crippen molar-refractivity contribution >= 4 is 5.97 Å². The summed E-state index contributed by atoms with van der Waals surface area (Å²) in [6.07, 6.45) is -12.6. The molecule has 0 radical (unpaired) electrons. The van der Waals surface area contributed by atoms with Crippen molar-refractivity contribution in [1.82, 2.24) is 9.78 Å². The highest BCUT2D eigenvalue weighted by Gasteiger charge is 2.45. The maximum Gasteiger partial charge on any atom is 0.429 e. The molecule has 0 spiro atoms. The quantitative estimate of drug-likeness (QED) is 0.499. The minimum Gasteiger partial charge on any atom is -0.447 e. The van der Waals surface area contributed by atoms with E-state index in [1.54, 1.807) is 25.6 Å². The van der Waals surface area contributed by atoms with E-state index in [2.05, 4.69) is 9.84 Å². The molecule has 160 valence electrons. The summed E-state index contributed by atoms with van der Waals surface area (Å²) in [5.41, 5.74) is 0.0541. The van der Waals surface area contributed by atoms with Crippen molar-refractivity contribution in [2.45, 2.75) is 45.6 Å². The highest BCUT2D eigenvalue weighted by Crippen LogP contribution is 2.39. The number of aromatic nitrogens is 2. The Balaban J connectivity index is 2.25. The molecule has 2 atom stereocenters. The maximum absolute atomic E-state index is 13.4. The van der Waals surface area contributed by atoms with Gasteiger partial charge in [0.15, 0.2) is 0 Å². The van der Waals surface area contributed by atoms with Crippen LogP contribution in [0.15, 0.2) is 24.3 Å². The summed E-state index contributed by atoms with van der Waals surface area (Å²) in [7, 11) is 1.70. The predicted octanol–water partition coefficient (Wildman–Crippen LogP) is 5.08. The fourth-order valence-electron chi connectivity index (χ4n) is 2.94. The molecule has 0 saturated heterocycles. The number of hydrogen-bond acceptors (Lipinski definition) is 3. The number of esters is 1. The molecule has 4 nitrogen and oxygen atoms in total. The lowest BCUT2D eigenvalue weighted by atomic mass is 9.99. The molecule has 1 heterocycles. The summed E-state index contributed by atoms with van der Waals surface area (Å²) in [6, 6.07) is 2.68. The number of carbonyl (C=O) groups excluding carboxylic acids is 1. The Kier molecular flexibility index (Phi) is 6.34. The number of aryl methyl sites for hydroxylation is 2. The van der Waals surface area contributed by atoms with Crippen LogP contribution in [-0.4, -0.2) is 21.9 Å². The van der Waals surface area contributed by atoms with Gasteiger partial charge in [-0.25, -0.2) is 0 Å². The molecule has 10 heteroatoms. The molecule has 0 amide bonds. The van der Waals surface area contributed by atoms with Crippen molar-refractivity contribution in [3.8, 4) is 0 Å². The SMILES string of the molecule is Cc1nn(C)c(C)c1CC(C)C(=O)OC(c1cccc(C(F)(F)F)c1)C(F)(F)F. The predicted molar refractivity (Wildman–Crippen MR) is 91.9 cm³/mol. The number of halogens is 6. The lowest BCUT2D eigenvalue weighted by molar-refractivity contribution is -0.226. The summed E-state index contributed by atoms with van der Waals surface area (Å²) in [4.78, 5) is 12.3. The van der Waals surface area contributed by atoms with Crippen molar-refractivity contribution in [3.63, 3.8) is 0 Å². The molecule has 1 aromatic carbocycles. The van der Waals surface area contributed by atoms with Crippen LogP contribution in [0.4, 0.5) is 26.3 Å². The second-order valence-corrected chi connectivity index (χ2v) is 6.86. The van der Waals surface area contributed by atoms with Crippen molar-refractivity contribution in [1.29, 1.82) is 0 Å². The number of ether oxygens (including phenoxy) is 1. The fraction of sp³-hybridized carbons (Fsp3) is 0.474. The molecule has 1 aromatic heterocycles. The van der Waals surface area contributed by atoms with Gasteiger partial charge in [0.05, 0.1) is 17.2 Å². The van der Waals surface area contributed by atoms with Crippen LogP contribution in [0.1, 0.15) is 41.1 Å². The Morgan fingerprint density at radius 3 is 2.28 bits per heavy atom. The highest BCUT2D eigenvalue weighted by molar-refractivity contribution is 5.73. The van der Waals surface area contributed by atoms with Gasteiger partial charge in [0.1, 0.15) is 0 Å². The molecule has 2 rings (SSSR count). The van der Waals surface area contributed by atoms with E-state index in [0.717, 1.165) is 17.8 Å². The van der Waals surface area contributed by atoms with Crippen LogP contribution in [0, 0.1) is 19.8 Å². The topological polar surface area (TPSA) is 44.1 Å². The molecular formula is C19H20F6N2O2. The minimum atomic E-state index is -5.07. The van der Waals surface area contributed by atoms with Gasteiger partial charge in [-0.3, -0.25) is 9.48 Å². The van der Waals surface area contributed by atoms with Gasteiger partial charge in [-0.1, -0.05) is 19.1 Å².